The third-order valence-electron chi connectivity index (χ3n) is 5.67. The van der Waals surface area contributed by atoms with E-state index in [0.29, 0.717) is 18.2 Å². The van der Waals surface area contributed by atoms with Crippen molar-refractivity contribution in [2.45, 2.75) is 71.9 Å². The number of benzene rings is 1. The van der Waals surface area contributed by atoms with E-state index in [4.69, 9.17) is 0 Å². The number of nitrogens with zero attached hydrogens (tertiary/aromatic N) is 1. The van der Waals surface area contributed by atoms with Crippen molar-refractivity contribution < 1.29 is 9.59 Å². The van der Waals surface area contributed by atoms with Gasteiger partial charge in [-0.2, -0.15) is 0 Å². The van der Waals surface area contributed by atoms with Crippen molar-refractivity contribution in [3.05, 3.63) is 35.4 Å². The van der Waals surface area contributed by atoms with Gasteiger partial charge in [-0.25, -0.2) is 0 Å². The van der Waals surface area contributed by atoms with Gasteiger partial charge in [-0.05, 0) is 55.0 Å². The van der Waals surface area contributed by atoms with E-state index in [2.05, 4.69) is 43.2 Å². The Morgan fingerprint density at radius 1 is 1.18 bits per heavy atom. The van der Waals surface area contributed by atoms with E-state index in [0.717, 1.165) is 19.5 Å². The highest BCUT2D eigenvalue weighted by Gasteiger charge is 2.28. The summed E-state index contributed by atoms with van der Waals surface area (Å²) in [5.74, 6) is -0.286. The van der Waals surface area contributed by atoms with Crippen molar-refractivity contribution in [1.82, 2.24) is 15.5 Å². The number of carbonyl (C=O) groups excluding carboxylic acids is 2. The fourth-order valence-corrected chi connectivity index (χ4v) is 3.75. The molecule has 0 aromatic heterocycles. The zero-order valence-corrected chi connectivity index (χ0v) is 18.3. The molecule has 1 aromatic rings. The number of likely N-dealkylation sites (tertiary alicyclic amines) is 1. The fraction of sp³-hybridized carbons (Fsp3) is 0.652. The van der Waals surface area contributed by atoms with Crippen molar-refractivity contribution >= 4 is 11.8 Å². The van der Waals surface area contributed by atoms with Gasteiger partial charge in [-0.15, -0.1) is 0 Å². The lowest BCUT2D eigenvalue weighted by Gasteiger charge is -2.26. The molecule has 2 rings (SSSR count). The van der Waals surface area contributed by atoms with Gasteiger partial charge in [0.25, 0.3) is 5.91 Å². The molecule has 1 aliphatic rings. The third kappa shape index (κ3) is 5.81. The van der Waals surface area contributed by atoms with Crippen LogP contribution < -0.4 is 10.6 Å². The van der Waals surface area contributed by atoms with Crippen molar-refractivity contribution in [1.29, 1.82) is 0 Å². The van der Waals surface area contributed by atoms with E-state index in [1.165, 1.54) is 12.0 Å². The van der Waals surface area contributed by atoms with Gasteiger partial charge in [0.1, 0.15) is 6.04 Å². The highest BCUT2D eigenvalue weighted by atomic mass is 16.2. The minimum absolute atomic E-state index is 0.0173. The van der Waals surface area contributed by atoms with Crippen molar-refractivity contribution in [3.63, 3.8) is 0 Å². The van der Waals surface area contributed by atoms with Gasteiger partial charge in [-0.1, -0.05) is 53.7 Å². The summed E-state index contributed by atoms with van der Waals surface area (Å²) in [6.07, 6.45) is 2.30. The van der Waals surface area contributed by atoms with Crippen LogP contribution in [0.4, 0.5) is 0 Å². The summed E-state index contributed by atoms with van der Waals surface area (Å²) >= 11 is 0. The van der Waals surface area contributed by atoms with Crippen LogP contribution in [0.25, 0.3) is 0 Å². The van der Waals surface area contributed by atoms with Gasteiger partial charge in [0.05, 0.1) is 0 Å². The van der Waals surface area contributed by atoms with Gasteiger partial charge in [0.2, 0.25) is 5.91 Å². The normalized spacial score (nSPS) is 18.9. The second-order valence-electron chi connectivity index (χ2n) is 9.19. The summed E-state index contributed by atoms with van der Waals surface area (Å²) in [6.45, 7) is 15.3. The lowest BCUT2D eigenvalue weighted by molar-refractivity contribution is -0.124. The SMILES string of the molecule is CCN1CCCC1CNC(=O)C(NC(=O)c1ccc(C(C)(C)C)cc1)C(C)C. The molecule has 2 unspecified atom stereocenters. The molecule has 0 bridgehead atoms. The molecule has 1 saturated heterocycles. The summed E-state index contributed by atoms with van der Waals surface area (Å²) in [6, 6.07) is 7.51. The Morgan fingerprint density at radius 2 is 1.82 bits per heavy atom. The first-order valence-corrected chi connectivity index (χ1v) is 10.6. The predicted octanol–water partition coefficient (Wildman–Crippen LogP) is 3.34. The van der Waals surface area contributed by atoms with Crippen LogP contribution in [-0.2, 0) is 10.2 Å². The number of rotatable bonds is 7. The number of likely N-dealkylation sites (N-methyl/N-ethyl adjacent to an activating group) is 1. The summed E-state index contributed by atoms with van der Waals surface area (Å²) < 4.78 is 0. The number of amides is 2. The highest BCUT2D eigenvalue weighted by Crippen LogP contribution is 2.22. The lowest BCUT2D eigenvalue weighted by Crippen LogP contribution is -2.52. The first-order valence-electron chi connectivity index (χ1n) is 10.6. The number of hydrogen-bond donors (Lipinski definition) is 2. The number of nitrogens with one attached hydrogen (secondary N) is 2. The van der Waals surface area contributed by atoms with Crippen molar-refractivity contribution in [2.24, 2.45) is 5.92 Å². The third-order valence-corrected chi connectivity index (χ3v) is 5.67. The molecule has 1 heterocycles. The van der Waals surface area contributed by atoms with E-state index in [1.807, 2.05) is 38.1 Å². The molecular weight excluding hydrogens is 350 g/mol. The molecule has 2 atom stereocenters. The van der Waals surface area contributed by atoms with Gasteiger partial charge < -0.3 is 10.6 Å². The molecule has 5 heteroatoms. The highest BCUT2D eigenvalue weighted by molar-refractivity contribution is 5.97. The monoisotopic (exact) mass is 387 g/mol. The van der Waals surface area contributed by atoms with Crippen molar-refractivity contribution in [2.75, 3.05) is 19.6 Å². The van der Waals surface area contributed by atoms with Crippen LogP contribution in [0.5, 0.6) is 0 Å². The molecule has 5 nitrogen and oxygen atoms in total. The predicted molar refractivity (Wildman–Crippen MR) is 115 cm³/mol. The largest absolute Gasteiger partial charge is 0.353 e. The Bertz CT molecular complexity index is 661. The molecular formula is C23H37N3O2. The van der Waals surface area contributed by atoms with Gasteiger partial charge in [0, 0.05) is 18.2 Å². The van der Waals surface area contributed by atoms with Gasteiger partial charge in [0.15, 0.2) is 0 Å². The van der Waals surface area contributed by atoms with E-state index in [9.17, 15) is 9.59 Å². The lowest BCUT2D eigenvalue weighted by atomic mass is 9.86. The molecule has 28 heavy (non-hydrogen) atoms. The Labute approximate surface area is 170 Å². The first kappa shape index (κ1) is 22.4. The standard InChI is InChI=1S/C23H37N3O2/c1-7-26-14-8-9-19(26)15-24-22(28)20(16(2)3)25-21(27)17-10-12-18(13-11-17)23(4,5)6/h10-13,16,19-20H,7-9,14-15H2,1-6H3,(H,24,28)(H,25,27). The van der Waals surface area contributed by atoms with Crippen LogP contribution in [0.3, 0.4) is 0 Å². The molecule has 0 spiro atoms. The van der Waals surface area contributed by atoms with Crippen LogP contribution >= 0.6 is 0 Å². The van der Waals surface area contributed by atoms with Crippen LogP contribution in [0.2, 0.25) is 0 Å². The molecule has 1 fully saturated rings. The average Bonchev–Trinajstić information content (AvgIpc) is 3.10. The van der Waals surface area contributed by atoms with Crippen molar-refractivity contribution in [3.8, 4) is 0 Å². The second kappa shape index (κ2) is 9.55. The molecule has 0 saturated carbocycles. The molecule has 2 amide bonds. The molecule has 156 valence electrons. The summed E-state index contributed by atoms with van der Waals surface area (Å²) in [5.41, 5.74) is 1.81. The topological polar surface area (TPSA) is 61.4 Å². The van der Waals surface area contributed by atoms with Crippen LogP contribution in [0.1, 0.15) is 70.3 Å². The Morgan fingerprint density at radius 3 is 2.36 bits per heavy atom. The zero-order valence-electron chi connectivity index (χ0n) is 18.3. The fourth-order valence-electron chi connectivity index (χ4n) is 3.75. The van der Waals surface area contributed by atoms with Crippen LogP contribution in [0.15, 0.2) is 24.3 Å². The summed E-state index contributed by atoms with van der Waals surface area (Å²) in [4.78, 5) is 27.8. The maximum atomic E-state index is 12.7. The minimum atomic E-state index is -0.536. The Hall–Kier alpha value is -1.88. The molecule has 0 aliphatic carbocycles. The van der Waals surface area contributed by atoms with Gasteiger partial charge in [-0.3, -0.25) is 14.5 Å². The summed E-state index contributed by atoms with van der Waals surface area (Å²) in [5, 5.41) is 5.99. The van der Waals surface area contributed by atoms with Crippen LogP contribution in [-0.4, -0.2) is 48.4 Å². The maximum Gasteiger partial charge on any atom is 0.251 e. The molecule has 1 aliphatic heterocycles. The quantitative estimate of drug-likeness (QED) is 0.754. The number of hydrogen-bond acceptors (Lipinski definition) is 3. The smallest absolute Gasteiger partial charge is 0.251 e. The Kier molecular flexibility index (Phi) is 7.64. The van der Waals surface area contributed by atoms with Crippen LogP contribution in [0, 0.1) is 5.92 Å². The molecule has 2 N–H and O–H groups in total. The van der Waals surface area contributed by atoms with E-state index >= 15 is 0 Å². The minimum Gasteiger partial charge on any atom is -0.353 e. The first-order chi connectivity index (χ1) is 13.1. The average molecular weight is 388 g/mol. The number of carbonyl (C=O) groups is 2. The van der Waals surface area contributed by atoms with Gasteiger partial charge >= 0.3 is 0 Å². The molecule has 0 radical (unpaired) electrons. The molecule has 1 aromatic carbocycles. The second-order valence-corrected chi connectivity index (χ2v) is 9.19. The maximum absolute atomic E-state index is 12.7. The zero-order chi connectivity index (χ0) is 20.9. The van der Waals surface area contributed by atoms with E-state index < -0.39 is 6.04 Å². The van der Waals surface area contributed by atoms with E-state index in [-0.39, 0.29) is 23.1 Å². The van der Waals surface area contributed by atoms with E-state index in [1.54, 1.807) is 0 Å². The Balaban J connectivity index is 1.97. The summed E-state index contributed by atoms with van der Waals surface area (Å²) in [7, 11) is 0.